The highest BCUT2D eigenvalue weighted by molar-refractivity contribution is 5.82. The van der Waals surface area contributed by atoms with E-state index in [9.17, 15) is 13.2 Å². The van der Waals surface area contributed by atoms with Crippen LogP contribution in [0.2, 0.25) is 0 Å². The van der Waals surface area contributed by atoms with Crippen molar-refractivity contribution in [2.45, 2.75) is 6.54 Å². The first-order chi connectivity index (χ1) is 9.65. The molecule has 0 aliphatic rings. The molecule has 1 aromatic heterocycles. The van der Waals surface area contributed by atoms with Crippen LogP contribution in [-0.4, -0.2) is 4.98 Å². The molecule has 0 aliphatic carbocycles. The van der Waals surface area contributed by atoms with Crippen LogP contribution in [-0.2, 0) is 6.54 Å². The van der Waals surface area contributed by atoms with Gasteiger partial charge in [0.15, 0.2) is 11.6 Å². The fraction of sp³-hybridized carbons (Fsp3) is 0.0667. The largest absolute Gasteiger partial charge is 0.378 e. The van der Waals surface area contributed by atoms with Crippen LogP contribution in [0.5, 0.6) is 0 Å². The van der Waals surface area contributed by atoms with E-state index in [4.69, 9.17) is 0 Å². The smallest absolute Gasteiger partial charge is 0.161 e. The zero-order valence-corrected chi connectivity index (χ0v) is 10.4. The van der Waals surface area contributed by atoms with Crippen molar-refractivity contribution >= 4 is 16.6 Å². The molecule has 0 radical (unpaired) electrons. The van der Waals surface area contributed by atoms with E-state index in [0.717, 1.165) is 22.5 Å². The first-order valence-corrected chi connectivity index (χ1v) is 6.08. The fourth-order valence-corrected chi connectivity index (χ4v) is 2.15. The van der Waals surface area contributed by atoms with E-state index in [1.807, 2.05) is 30.5 Å². The highest BCUT2D eigenvalue weighted by Crippen LogP contribution is 2.21. The molecule has 0 saturated carbocycles. The number of nitrogens with one attached hydrogen (secondary N) is 2. The van der Waals surface area contributed by atoms with Crippen molar-refractivity contribution in [2.24, 2.45) is 0 Å². The van der Waals surface area contributed by atoms with Crippen LogP contribution in [0.4, 0.5) is 18.9 Å². The molecular formula is C15H11F3N2. The maximum atomic E-state index is 13.5. The minimum atomic E-state index is -1.19. The average Bonchev–Trinajstić information content (AvgIpc) is 2.90. The molecule has 20 heavy (non-hydrogen) atoms. The summed E-state index contributed by atoms with van der Waals surface area (Å²) in [5.74, 6) is -3.09. The van der Waals surface area contributed by atoms with Crippen LogP contribution in [0.1, 0.15) is 5.56 Å². The molecule has 0 saturated heterocycles. The van der Waals surface area contributed by atoms with Gasteiger partial charge in [0.25, 0.3) is 0 Å². The third-order valence-corrected chi connectivity index (χ3v) is 3.15. The van der Waals surface area contributed by atoms with Crippen LogP contribution in [0, 0.1) is 17.5 Å². The summed E-state index contributed by atoms with van der Waals surface area (Å²) in [6.07, 6.45) is 1.81. The van der Waals surface area contributed by atoms with Crippen molar-refractivity contribution in [3.63, 3.8) is 0 Å². The summed E-state index contributed by atoms with van der Waals surface area (Å²) in [6.45, 7) is 0.305. The van der Waals surface area contributed by atoms with Crippen LogP contribution in [0.3, 0.4) is 0 Å². The van der Waals surface area contributed by atoms with Gasteiger partial charge in [-0.15, -0.1) is 0 Å². The minimum absolute atomic E-state index is 0.0625. The second kappa shape index (κ2) is 4.92. The Labute approximate surface area is 113 Å². The molecule has 0 atom stereocenters. The summed E-state index contributed by atoms with van der Waals surface area (Å²) in [4.78, 5) is 3.09. The van der Waals surface area contributed by atoms with Gasteiger partial charge in [-0.05, 0) is 17.0 Å². The van der Waals surface area contributed by atoms with Gasteiger partial charge in [-0.1, -0.05) is 18.2 Å². The Balaban J connectivity index is 1.86. The minimum Gasteiger partial charge on any atom is -0.378 e. The van der Waals surface area contributed by atoms with Gasteiger partial charge < -0.3 is 10.3 Å². The lowest BCUT2D eigenvalue weighted by molar-refractivity contribution is 0.496. The molecule has 2 N–H and O–H groups in total. The molecule has 0 bridgehead atoms. The molecule has 3 aromatic rings. The Bertz CT molecular complexity index is 765. The standard InChI is InChI=1S/C15H11F3N2/c16-11-6-13(18)14(7-12(11)17)20-8-10-3-1-2-9-4-5-19-15(9)10/h1-7,19-20H,8H2. The lowest BCUT2D eigenvalue weighted by atomic mass is 10.1. The molecular weight excluding hydrogens is 265 g/mol. The van der Waals surface area contributed by atoms with E-state index < -0.39 is 17.5 Å². The van der Waals surface area contributed by atoms with Crippen molar-refractivity contribution in [1.29, 1.82) is 0 Å². The Morgan fingerprint density at radius 1 is 0.950 bits per heavy atom. The molecule has 2 nitrogen and oxygen atoms in total. The van der Waals surface area contributed by atoms with Gasteiger partial charge >= 0.3 is 0 Å². The van der Waals surface area contributed by atoms with Crippen molar-refractivity contribution in [1.82, 2.24) is 4.98 Å². The van der Waals surface area contributed by atoms with Gasteiger partial charge in [0.2, 0.25) is 0 Å². The summed E-state index contributed by atoms with van der Waals surface area (Å²) in [6, 6.07) is 9.00. The molecule has 0 aliphatic heterocycles. The van der Waals surface area contributed by atoms with E-state index in [1.54, 1.807) is 0 Å². The molecule has 2 aromatic carbocycles. The fourth-order valence-electron chi connectivity index (χ4n) is 2.15. The topological polar surface area (TPSA) is 27.8 Å². The molecule has 1 heterocycles. The van der Waals surface area contributed by atoms with E-state index in [0.29, 0.717) is 12.6 Å². The number of hydrogen-bond acceptors (Lipinski definition) is 1. The van der Waals surface area contributed by atoms with Gasteiger partial charge in [0, 0.05) is 24.9 Å². The number of halogens is 3. The quantitative estimate of drug-likeness (QED) is 0.689. The van der Waals surface area contributed by atoms with E-state index >= 15 is 0 Å². The van der Waals surface area contributed by atoms with Gasteiger partial charge in [-0.2, -0.15) is 0 Å². The Morgan fingerprint density at radius 3 is 2.60 bits per heavy atom. The molecule has 5 heteroatoms. The molecule has 3 rings (SSSR count). The maximum absolute atomic E-state index is 13.5. The number of aromatic amines is 1. The number of aromatic nitrogens is 1. The third kappa shape index (κ3) is 2.22. The maximum Gasteiger partial charge on any atom is 0.161 e. The highest BCUT2D eigenvalue weighted by atomic mass is 19.2. The SMILES string of the molecule is Fc1cc(F)c(NCc2cccc3cc[nH]c23)cc1F. The number of anilines is 1. The number of hydrogen-bond donors (Lipinski definition) is 2. The number of rotatable bonds is 3. The van der Waals surface area contributed by atoms with Gasteiger partial charge in [-0.25, -0.2) is 13.2 Å². The first kappa shape index (κ1) is 12.6. The summed E-state index contributed by atoms with van der Waals surface area (Å²) < 4.78 is 39.5. The second-order valence-corrected chi connectivity index (χ2v) is 4.46. The molecule has 0 unspecified atom stereocenters. The zero-order valence-electron chi connectivity index (χ0n) is 10.4. The average molecular weight is 276 g/mol. The van der Waals surface area contributed by atoms with Gasteiger partial charge in [-0.3, -0.25) is 0 Å². The lowest BCUT2D eigenvalue weighted by Crippen LogP contribution is -2.03. The monoisotopic (exact) mass is 276 g/mol. The van der Waals surface area contributed by atoms with Crippen molar-refractivity contribution in [2.75, 3.05) is 5.32 Å². The van der Waals surface area contributed by atoms with E-state index in [1.165, 1.54) is 0 Å². The number of para-hydroxylation sites is 1. The normalized spacial score (nSPS) is 10.9. The van der Waals surface area contributed by atoms with Crippen LogP contribution < -0.4 is 5.32 Å². The predicted octanol–water partition coefficient (Wildman–Crippen LogP) is 4.20. The van der Waals surface area contributed by atoms with E-state index in [-0.39, 0.29) is 5.69 Å². The van der Waals surface area contributed by atoms with Crippen molar-refractivity contribution in [3.8, 4) is 0 Å². The second-order valence-electron chi connectivity index (χ2n) is 4.46. The third-order valence-electron chi connectivity index (χ3n) is 3.15. The van der Waals surface area contributed by atoms with Gasteiger partial charge in [0.1, 0.15) is 5.82 Å². The molecule has 0 fully saturated rings. The Morgan fingerprint density at radius 2 is 1.75 bits per heavy atom. The number of benzene rings is 2. The zero-order chi connectivity index (χ0) is 14.1. The first-order valence-electron chi connectivity index (χ1n) is 6.08. The van der Waals surface area contributed by atoms with Crippen molar-refractivity contribution < 1.29 is 13.2 Å². The molecule has 102 valence electrons. The molecule has 0 amide bonds. The van der Waals surface area contributed by atoms with Crippen molar-refractivity contribution in [3.05, 3.63) is 65.6 Å². The lowest BCUT2D eigenvalue weighted by Gasteiger charge is -2.09. The summed E-state index contributed by atoms with van der Waals surface area (Å²) in [5.41, 5.74) is 1.78. The van der Waals surface area contributed by atoms with Crippen LogP contribution in [0.25, 0.3) is 10.9 Å². The van der Waals surface area contributed by atoms with Crippen LogP contribution >= 0.6 is 0 Å². The van der Waals surface area contributed by atoms with Gasteiger partial charge in [0.05, 0.1) is 11.2 Å². The number of fused-ring (bicyclic) bond motifs is 1. The summed E-state index contributed by atoms with van der Waals surface area (Å²) in [5, 5.41) is 3.81. The number of H-pyrrole nitrogens is 1. The molecule has 0 spiro atoms. The Kier molecular flexibility index (Phi) is 3.10. The highest BCUT2D eigenvalue weighted by Gasteiger charge is 2.10. The van der Waals surface area contributed by atoms with Crippen LogP contribution in [0.15, 0.2) is 42.6 Å². The predicted molar refractivity (Wildman–Crippen MR) is 71.9 cm³/mol. The summed E-state index contributed by atoms with van der Waals surface area (Å²) in [7, 11) is 0. The Hall–Kier alpha value is -2.43. The summed E-state index contributed by atoms with van der Waals surface area (Å²) >= 11 is 0. The van der Waals surface area contributed by atoms with E-state index in [2.05, 4.69) is 10.3 Å².